The highest BCUT2D eigenvalue weighted by Crippen LogP contribution is 2.26. The molecule has 1 aromatic rings. The first-order valence-electron chi connectivity index (χ1n) is 10.6. The lowest BCUT2D eigenvalue weighted by atomic mass is 9.93. The fourth-order valence-electron chi connectivity index (χ4n) is 5.04. The number of rotatable bonds is 5. The molecule has 3 aliphatic heterocycles. The largest absolute Gasteiger partial charge is 0.477 e. The van der Waals surface area contributed by atoms with Gasteiger partial charge >= 0.3 is 5.97 Å². The van der Waals surface area contributed by atoms with Crippen LogP contribution in [0.2, 0.25) is 0 Å². The number of nitrogens with zero attached hydrogens (tertiary/aromatic N) is 4. The van der Waals surface area contributed by atoms with E-state index in [1.807, 2.05) is 0 Å². The van der Waals surface area contributed by atoms with E-state index < -0.39 is 5.97 Å². The van der Waals surface area contributed by atoms with Gasteiger partial charge in [0, 0.05) is 37.8 Å². The third-order valence-electron chi connectivity index (χ3n) is 6.62. The number of carboxylic acids is 1. The van der Waals surface area contributed by atoms with E-state index in [-0.39, 0.29) is 11.6 Å². The number of aromatic nitrogens is 2. The maximum atomic E-state index is 12.8. The Kier molecular flexibility index (Phi) is 5.96. The van der Waals surface area contributed by atoms with Crippen molar-refractivity contribution in [1.82, 2.24) is 24.9 Å². The molecule has 0 aliphatic carbocycles. The van der Waals surface area contributed by atoms with Crippen LogP contribution < -0.4 is 0 Å². The minimum atomic E-state index is -0.954. The zero-order valence-corrected chi connectivity index (χ0v) is 16.5. The van der Waals surface area contributed by atoms with Crippen LogP contribution in [0.5, 0.6) is 0 Å². The van der Waals surface area contributed by atoms with Crippen LogP contribution in [-0.4, -0.2) is 87.2 Å². The number of piperidine rings is 2. The van der Waals surface area contributed by atoms with Crippen molar-refractivity contribution in [3.8, 4) is 0 Å². The summed E-state index contributed by atoms with van der Waals surface area (Å²) in [4.78, 5) is 30.9. The topological polar surface area (TPSA) is 92.8 Å². The fourth-order valence-corrected chi connectivity index (χ4v) is 5.04. The van der Waals surface area contributed by atoms with Gasteiger partial charge < -0.3 is 10.0 Å². The molecule has 0 spiro atoms. The lowest BCUT2D eigenvalue weighted by Gasteiger charge is -2.42. The van der Waals surface area contributed by atoms with Gasteiger partial charge in [0.25, 0.3) is 0 Å². The number of aromatic amines is 1. The molecule has 0 bridgehead atoms. The molecule has 1 amide bonds. The second kappa shape index (κ2) is 8.61. The summed E-state index contributed by atoms with van der Waals surface area (Å²) in [6.45, 7) is 6.43. The van der Waals surface area contributed by atoms with Gasteiger partial charge in [-0.3, -0.25) is 19.7 Å². The fraction of sp³-hybridized carbons (Fsp3) is 0.750. The molecule has 3 aliphatic rings. The van der Waals surface area contributed by atoms with E-state index in [1.165, 1.54) is 0 Å². The number of carbonyl (C=O) groups excluding carboxylic acids is 1. The smallest absolute Gasteiger partial charge is 0.354 e. The van der Waals surface area contributed by atoms with Crippen LogP contribution in [0, 0.1) is 5.92 Å². The molecule has 2 N–H and O–H groups in total. The van der Waals surface area contributed by atoms with E-state index >= 15 is 0 Å². The zero-order chi connectivity index (χ0) is 19.5. The molecule has 28 heavy (non-hydrogen) atoms. The second-order valence-electron chi connectivity index (χ2n) is 8.45. The summed E-state index contributed by atoms with van der Waals surface area (Å²) in [6.07, 6.45) is 8.22. The van der Waals surface area contributed by atoms with Crippen LogP contribution in [-0.2, 0) is 11.3 Å². The first-order chi connectivity index (χ1) is 13.6. The monoisotopic (exact) mass is 389 g/mol. The third kappa shape index (κ3) is 4.22. The Hall–Kier alpha value is -1.93. The molecule has 4 heterocycles. The molecule has 0 saturated carbocycles. The summed E-state index contributed by atoms with van der Waals surface area (Å²) >= 11 is 0. The minimum absolute atomic E-state index is 0.175. The molecule has 0 radical (unpaired) electrons. The van der Waals surface area contributed by atoms with Gasteiger partial charge in [-0.25, -0.2) is 4.79 Å². The van der Waals surface area contributed by atoms with Crippen molar-refractivity contribution in [3.63, 3.8) is 0 Å². The Morgan fingerprint density at radius 3 is 2.54 bits per heavy atom. The van der Waals surface area contributed by atoms with E-state index in [4.69, 9.17) is 0 Å². The van der Waals surface area contributed by atoms with E-state index in [1.54, 1.807) is 6.20 Å². The van der Waals surface area contributed by atoms with Crippen LogP contribution in [0.1, 0.15) is 54.6 Å². The van der Waals surface area contributed by atoms with Crippen molar-refractivity contribution in [1.29, 1.82) is 0 Å². The zero-order valence-electron chi connectivity index (χ0n) is 16.5. The molecular weight excluding hydrogens is 358 g/mol. The molecule has 1 atom stereocenters. The summed E-state index contributed by atoms with van der Waals surface area (Å²) in [5.74, 6) is -0.404. The average Bonchev–Trinajstić information content (AvgIpc) is 3.40. The van der Waals surface area contributed by atoms with Gasteiger partial charge in [-0.1, -0.05) is 0 Å². The molecule has 4 rings (SSSR count). The Morgan fingerprint density at radius 2 is 1.82 bits per heavy atom. The van der Waals surface area contributed by atoms with Crippen LogP contribution in [0.3, 0.4) is 0 Å². The standard InChI is InChI=1S/C20H31N5O3/c26-19(24-7-1-2-8-24)15-4-3-9-25(14-15)17-5-10-23(11-6-17)13-16-12-21-22-18(16)20(27)28/h12,15,17H,1-11,13-14H2,(H,21,22)(H,27,28). The van der Waals surface area contributed by atoms with Gasteiger partial charge in [-0.2, -0.15) is 5.10 Å². The maximum Gasteiger partial charge on any atom is 0.354 e. The van der Waals surface area contributed by atoms with Crippen LogP contribution >= 0.6 is 0 Å². The van der Waals surface area contributed by atoms with Crippen molar-refractivity contribution in [2.45, 2.75) is 51.1 Å². The number of aromatic carboxylic acids is 1. The Labute approximate surface area is 165 Å². The Bertz CT molecular complexity index is 692. The van der Waals surface area contributed by atoms with Crippen molar-refractivity contribution in [2.75, 3.05) is 39.3 Å². The second-order valence-corrected chi connectivity index (χ2v) is 8.45. The number of likely N-dealkylation sites (tertiary alicyclic amines) is 3. The van der Waals surface area contributed by atoms with Gasteiger partial charge in [-0.05, 0) is 58.2 Å². The lowest BCUT2D eigenvalue weighted by molar-refractivity contribution is -0.136. The first-order valence-corrected chi connectivity index (χ1v) is 10.6. The van der Waals surface area contributed by atoms with E-state index in [9.17, 15) is 14.7 Å². The normalized spacial score (nSPS) is 25.3. The summed E-state index contributed by atoms with van der Waals surface area (Å²) < 4.78 is 0. The third-order valence-corrected chi connectivity index (χ3v) is 6.62. The van der Waals surface area contributed by atoms with Crippen molar-refractivity contribution >= 4 is 11.9 Å². The lowest BCUT2D eigenvalue weighted by Crippen LogP contribution is -2.51. The predicted molar refractivity (Wildman–Crippen MR) is 104 cm³/mol. The number of hydrogen-bond donors (Lipinski definition) is 2. The Morgan fingerprint density at radius 1 is 1.07 bits per heavy atom. The average molecular weight is 390 g/mol. The van der Waals surface area contributed by atoms with E-state index in [0.29, 0.717) is 18.5 Å². The van der Waals surface area contributed by atoms with Crippen molar-refractivity contribution in [3.05, 3.63) is 17.5 Å². The molecule has 1 aromatic heterocycles. The summed E-state index contributed by atoms with van der Waals surface area (Å²) in [7, 11) is 0. The molecule has 8 heteroatoms. The van der Waals surface area contributed by atoms with Crippen molar-refractivity contribution in [2.24, 2.45) is 5.92 Å². The molecule has 0 aromatic carbocycles. The predicted octanol–water partition coefficient (Wildman–Crippen LogP) is 1.41. The highest BCUT2D eigenvalue weighted by molar-refractivity contribution is 5.86. The highest BCUT2D eigenvalue weighted by Gasteiger charge is 2.34. The summed E-state index contributed by atoms with van der Waals surface area (Å²) in [5, 5.41) is 15.7. The summed E-state index contributed by atoms with van der Waals surface area (Å²) in [5.41, 5.74) is 0.946. The van der Waals surface area contributed by atoms with Gasteiger partial charge in [0.1, 0.15) is 5.69 Å². The van der Waals surface area contributed by atoms with Gasteiger partial charge in [0.15, 0.2) is 0 Å². The molecular formula is C20H31N5O3. The molecule has 154 valence electrons. The van der Waals surface area contributed by atoms with Gasteiger partial charge in [0.05, 0.1) is 12.1 Å². The molecule has 8 nitrogen and oxygen atoms in total. The molecule has 1 unspecified atom stereocenters. The SMILES string of the molecule is O=C(O)c1[nH]ncc1CN1CCC(N2CCCC(C(=O)N3CCCC3)C2)CC1. The highest BCUT2D eigenvalue weighted by atomic mass is 16.4. The van der Waals surface area contributed by atoms with E-state index in [0.717, 1.165) is 83.4 Å². The molecule has 3 saturated heterocycles. The van der Waals surface area contributed by atoms with Crippen LogP contribution in [0.15, 0.2) is 6.20 Å². The van der Waals surface area contributed by atoms with Gasteiger partial charge in [0.2, 0.25) is 5.91 Å². The van der Waals surface area contributed by atoms with Gasteiger partial charge in [-0.15, -0.1) is 0 Å². The number of H-pyrrole nitrogens is 1. The summed E-state index contributed by atoms with van der Waals surface area (Å²) in [6, 6.07) is 0.536. The number of carboxylic acid groups (broad SMARTS) is 1. The minimum Gasteiger partial charge on any atom is -0.477 e. The number of carbonyl (C=O) groups is 2. The number of nitrogens with one attached hydrogen (secondary N) is 1. The number of amides is 1. The van der Waals surface area contributed by atoms with Crippen LogP contribution in [0.25, 0.3) is 0 Å². The quantitative estimate of drug-likeness (QED) is 0.791. The first kappa shape index (κ1) is 19.4. The van der Waals surface area contributed by atoms with E-state index in [2.05, 4.69) is 24.9 Å². The number of hydrogen-bond acceptors (Lipinski definition) is 5. The maximum absolute atomic E-state index is 12.8. The Balaban J connectivity index is 1.28. The molecule has 3 fully saturated rings. The van der Waals surface area contributed by atoms with Crippen molar-refractivity contribution < 1.29 is 14.7 Å². The van der Waals surface area contributed by atoms with Crippen LogP contribution in [0.4, 0.5) is 0 Å².